The number of benzene rings is 2. The van der Waals surface area contributed by atoms with Crippen molar-refractivity contribution in [1.29, 1.82) is 0 Å². The maximum Gasteiger partial charge on any atom is 0.337 e. The SMILES string of the molecule is COC(=O)c1ccc(S(=O)(=O)N(C)CCCc2ccc(OC)c(OC)c2)cc1. The Kier molecular flexibility index (Phi) is 7.42. The van der Waals surface area contributed by atoms with E-state index in [2.05, 4.69) is 4.74 Å². The first kappa shape index (κ1) is 21.7. The van der Waals surface area contributed by atoms with Crippen molar-refractivity contribution in [1.82, 2.24) is 4.31 Å². The van der Waals surface area contributed by atoms with Gasteiger partial charge in [-0.05, 0) is 54.8 Å². The molecule has 0 spiro atoms. The molecule has 7 nitrogen and oxygen atoms in total. The molecule has 0 saturated heterocycles. The van der Waals surface area contributed by atoms with Crippen LogP contribution >= 0.6 is 0 Å². The Morgan fingerprint density at radius 1 is 0.964 bits per heavy atom. The van der Waals surface area contributed by atoms with E-state index in [1.54, 1.807) is 14.2 Å². The van der Waals surface area contributed by atoms with Crippen LogP contribution in [0.25, 0.3) is 0 Å². The van der Waals surface area contributed by atoms with Gasteiger partial charge in [0.1, 0.15) is 0 Å². The summed E-state index contributed by atoms with van der Waals surface area (Å²) < 4.78 is 41.8. The van der Waals surface area contributed by atoms with Crippen LogP contribution < -0.4 is 9.47 Å². The second-order valence-electron chi connectivity index (χ2n) is 6.14. The van der Waals surface area contributed by atoms with Gasteiger partial charge >= 0.3 is 5.97 Å². The fourth-order valence-electron chi connectivity index (χ4n) is 2.72. The molecule has 0 aliphatic rings. The molecule has 2 aromatic carbocycles. The molecule has 0 saturated carbocycles. The number of hydrogen-bond donors (Lipinski definition) is 0. The lowest BCUT2D eigenvalue weighted by Gasteiger charge is -2.17. The van der Waals surface area contributed by atoms with Crippen LogP contribution in [0.2, 0.25) is 0 Å². The van der Waals surface area contributed by atoms with Gasteiger partial charge in [0, 0.05) is 13.6 Å². The number of aryl methyl sites for hydroxylation is 1. The zero-order valence-corrected chi connectivity index (χ0v) is 17.3. The molecule has 0 unspecified atom stereocenters. The van der Waals surface area contributed by atoms with Gasteiger partial charge in [-0.25, -0.2) is 17.5 Å². The second-order valence-corrected chi connectivity index (χ2v) is 8.18. The molecule has 0 N–H and O–H groups in total. The molecule has 2 aromatic rings. The molecular formula is C20H25NO6S. The van der Waals surface area contributed by atoms with Gasteiger partial charge in [0.2, 0.25) is 10.0 Å². The topological polar surface area (TPSA) is 82.1 Å². The van der Waals surface area contributed by atoms with E-state index < -0.39 is 16.0 Å². The number of carbonyl (C=O) groups is 1. The molecule has 0 aliphatic carbocycles. The molecule has 0 radical (unpaired) electrons. The highest BCUT2D eigenvalue weighted by Crippen LogP contribution is 2.28. The molecular weight excluding hydrogens is 382 g/mol. The average Bonchev–Trinajstić information content (AvgIpc) is 2.72. The largest absolute Gasteiger partial charge is 0.493 e. The smallest absolute Gasteiger partial charge is 0.337 e. The van der Waals surface area contributed by atoms with Crippen molar-refractivity contribution in [2.24, 2.45) is 0 Å². The predicted octanol–water partition coefficient (Wildman–Crippen LogP) is 2.74. The molecule has 2 rings (SSSR count). The second kappa shape index (κ2) is 9.57. The van der Waals surface area contributed by atoms with Crippen LogP contribution in [-0.4, -0.2) is 53.6 Å². The highest BCUT2D eigenvalue weighted by Gasteiger charge is 2.21. The normalized spacial score (nSPS) is 11.3. The fraction of sp³-hybridized carbons (Fsp3) is 0.350. The number of rotatable bonds is 9. The molecule has 0 heterocycles. The summed E-state index contributed by atoms with van der Waals surface area (Å²) in [6.07, 6.45) is 1.34. The van der Waals surface area contributed by atoms with Crippen LogP contribution in [-0.2, 0) is 21.2 Å². The van der Waals surface area contributed by atoms with Gasteiger partial charge in [-0.3, -0.25) is 0 Å². The molecule has 28 heavy (non-hydrogen) atoms. The van der Waals surface area contributed by atoms with E-state index >= 15 is 0 Å². The maximum atomic E-state index is 12.7. The lowest BCUT2D eigenvalue weighted by molar-refractivity contribution is 0.0600. The summed E-state index contributed by atoms with van der Waals surface area (Å²) in [6, 6.07) is 11.4. The Morgan fingerprint density at radius 2 is 1.61 bits per heavy atom. The van der Waals surface area contributed by atoms with Gasteiger partial charge in [0.05, 0.1) is 31.8 Å². The Hall–Kier alpha value is -2.58. The Morgan fingerprint density at radius 3 is 2.18 bits per heavy atom. The lowest BCUT2D eigenvalue weighted by Crippen LogP contribution is -2.28. The minimum atomic E-state index is -3.63. The zero-order valence-electron chi connectivity index (χ0n) is 16.5. The first-order chi connectivity index (χ1) is 13.3. The summed E-state index contributed by atoms with van der Waals surface area (Å²) >= 11 is 0. The summed E-state index contributed by atoms with van der Waals surface area (Å²) in [5.41, 5.74) is 1.34. The van der Waals surface area contributed by atoms with Crippen molar-refractivity contribution < 1.29 is 27.4 Å². The Bertz CT molecular complexity index is 909. The van der Waals surface area contributed by atoms with Crippen molar-refractivity contribution in [3.05, 3.63) is 53.6 Å². The molecule has 0 amide bonds. The molecule has 8 heteroatoms. The molecule has 0 atom stereocenters. The number of esters is 1. The number of methoxy groups -OCH3 is 3. The highest BCUT2D eigenvalue weighted by atomic mass is 32.2. The van der Waals surface area contributed by atoms with Crippen molar-refractivity contribution in [2.45, 2.75) is 17.7 Å². The van der Waals surface area contributed by atoms with Crippen LogP contribution in [0.1, 0.15) is 22.3 Å². The molecule has 0 fully saturated rings. The van der Waals surface area contributed by atoms with Crippen LogP contribution in [0.4, 0.5) is 0 Å². The van der Waals surface area contributed by atoms with E-state index in [9.17, 15) is 13.2 Å². The average molecular weight is 407 g/mol. The number of nitrogens with zero attached hydrogens (tertiary/aromatic N) is 1. The van der Waals surface area contributed by atoms with Crippen LogP contribution in [0.15, 0.2) is 47.4 Å². The minimum Gasteiger partial charge on any atom is -0.493 e. The quantitative estimate of drug-likeness (QED) is 0.595. The van der Waals surface area contributed by atoms with Gasteiger partial charge in [-0.1, -0.05) is 6.07 Å². The van der Waals surface area contributed by atoms with Crippen LogP contribution in [0.3, 0.4) is 0 Å². The summed E-state index contributed by atoms with van der Waals surface area (Å²) in [4.78, 5) is 11.6. The summed E-state index contributed by atoms with van der Waals surface area (Å²) in [6.45, 7) is 0.357. The molecule has 152 valence electrons. The van der Waals surface area contributed by atoms with E-state index in [-0.39, 0.29) is 4.90 Å². The molecule has 0 bridgehead atoms. The van der Waals surface area contributed by atoms with Gasteiger partial charge in [0.25, 0.3) is 0 Å². The van der Waals surface area contributed by atoms with Crippen molar-refractivity contribution >= 4 is 16.0 Å². The number of hydrogen-bond acceptors (Lipinski definition) is 6. The molecule has 0 aromatic heterocycles. The van der Waals surface area contributed by atoms with E-state index in [4.69, 9.17) is 9.47 Å². The zero-order chi connectivity index (χ0) is 20.7. The summed E-state index contributed by atoms with van der Waals surface area (Å²) in [5.74, 6) is 0.792. The third-order valence-corrected chi connectivity index (χ3v) is 6.24. The summed E-state index contributed by atoms with van der Waals surface area (Å²) in [5, 5.41) is 0. The number of ether oxygens (including phenoxy) is 3. The third-order valence-electron chi connectivity index (χ3n) is 4.37. The van der Waals surface area contributed by atoms with Gasteiger partial charge in [-0.2, -0.15) is 0 Å². The van der Waals surface area contributed by atoms with E-state index in [1.807, 2.05) is 18.2 Å². The standard InChI is InChI=1S/C20H25NO6S/c1-21(13-5-6-15-7-12-18(25-2)19(14-15)26-3)28(23,24)17-10-8-16(9-11-17)20(22)27-4/h7-12,14H,5-6,13H2,1-4H3. The summed E-state index contributed by atoms with van der Waals surface area (Å²) in [7, 11) is 2.34. The van der Waals surface area contributed by atoms with E-state index in [0.717, 1.165) is 5.56 Å². The molecule has 0 aliphatic heterocycles. The van der Waals surface area contributed by atoms with Crippen LogP contribution in [0, 0.1) is 0 Å². The predicted molar refractivity (Wildman–Crippen MR) is 105 cm³/mol. The number of sulfonamides is 1. The van der Waals surface area contributed by atoms with Crippen molar-refractivity contribution in [3.8, 4) is 11.5 Å². The first-order valence-electron chi connectivity index (χ1n) is 8.69. The highest BCUT2D eigenvalue weighted by molar-refractivity contribution is 7.89. The number of carbonyl (C=O) groups excluding carboxylic acids is 1. The minimum absolute atomic E-state index is 0.133. The Labute approximate surface area is 165 Å². The monoisotopic (exact) mass is 407 g/mol. The maximum absolute atomic E-state index is 12.7. The third kappa shape index (κ3) is 5.02. The van der Waals surface area contributed by atoms with E-state index in [0.29, 0.717) is 36.4 Å². The van der Waals surface area contributed by atoms with Crippen LogP contribution in [0.5, 0.6) is 11.5 Å². The van der Waals surface area contributed by atoms with Gasteiger partial charge in [-0.15, -0.1) is 0 Å². The lowest BCUT2D eigenvalue weighted by atomic mass is 10.1. The first-order valence-corrected chi connectivity index (χ1v) is 10.1. The Balaban J connectivity index is 2.00. The fourth-order valence-corrected chi connectivity index (χ4v) is 3.93. The van der Waals surface area contributed by atoms with Crippen molar-refractivity contribution in [3.63, 3.8) is 0 Å². The van der Waals surface area contributed by atoms with Crippen molar-refractivity contribution in [2.75, 3.05) is 34.9 Å². The van der Waals surface area contributed by atoms with Gasteiger partial charge < -0.3 is 14.2 Å². The van der Waals surface area contributed by atoms with Gasteiger partial charge in [0.15, 0.2) is 11.5 Å². The van der Waals surface area contributed by atoms with E-state index in [1.165, 1.54) is 42.7 Å².